The van der Waals surface area contributed by atoms with Gasteiger partial charge in [0.1, 0.15) is 10.6 Å². The van der Waals surface area contributed by atoms with E-state index in [0.717, 1.165) is 19.3 Å². The SMILES string of the molecule is C[C@H]1CCCC[C@H]1OCCNS(=O)(=O)c1cc2c(cc1Cl)NC(=O)CO2. The van der Waals surface area contributed by atoms with Gasteiger partial charge >= 0.3 is 0 Å². The van der Waals surface area contributed by atoms with Crippen LogP contribution in [-0.2, 0) is 19.6 Å². The van der Waals surface area contributed by atoms with E-state index in [-0.39, 0.29) is 40.8 Å². The van der Waals surface area contributed by atoms with Gasteiger partial charge in [-0.3, -0.25) is 4.79 Å². The molecule has 0 saturated heterocycles. The molecule has 3 rings (SSSR count). The second-order valence-electron chi connectivity index (χ2n) is 6.68. The van der Waals surface area contributed by atoms with Crippen LogP contribution < -0.4 is 14.8 Å². The maximum Gasteiger partial charge on any atom is 0.262 e. The topological polar surface area (TPSA) is 93.7 Å². The van der Waals surface area contributed by atoms with Crippen LogP contribution in [0.25, 0.3) is 0 Å². The molecule has 9 heteroatoms. The first-order chi connectivity index (χ1) is 12.4. The van der Waals surface area contributed by atoms with Crippen molar-refractivity contribution in [2.24, 2.45) is 5.92 Å². The van der Waals surface area contributed by atoms with Crippen LogP contribution >= 0.6 is 11.6 Å². The fraction of sp³-hybridized carbons (Fsp3) is 0.588. The Hall–Kier alpha value is -1.35. The fourth-order valence-electron chi connectivity index (χ4n) is 3.28. The Morgan fingerprint density at radius 3 is 2.88 bits per heavy atom. The largest absolute Gasteiger partial charge is 0.482 e. The molecule has 1 aromatic carbocycles. The van der Waals surface area contributed by atoms with Crippen molar-refractivity contribution in [2.45, 2.75) is 43.6 Å². The highest BCUT2D eigenvalue weighted by Gasteiger charge is 2.25. The number of anilines is 1. The van der Waals surface area contributed by atoms with E-state index in [1.165, 1.54) is 18.6 Å². The lowest BCUT2D eigenvalue weighted by molar-refractivity contribution is -0.118. The van der Waals surface area contributed by atoms with Gasteiger partial charge < -0.3 is 14.8 Å². The molecule has 0 bridgehead atoms. The standard InChI is InChI=1S/C17H23ClN2O5S/c1-11-4-2-3-5-14(11)24-7-6-19-26(22,23)16-9-15-13(8-12(16)18)20-17(21)10-25-15/h8-9,11,14,19H,2-7,10H2,1H3,(H,20,21)/t11-,14+/m0/s1. The molecule has 1 aliphatic heterocycles. The minimum atomic E-state index is -3.81. The number of ether oxygens (including phenoxy) is 2. The van der Waals surface area contributed by atoms with Crippen molar-refractivity contribution in [1.82, 2.24) is 4.72 Å². The maximum atomic E-state index is 12.5. The third-order valence-corrected chi connectivity index (χ3v) is 6.64. The summed E-state index contributed by atoms with van der Waals surface area (Å²) in [4.78, 5) is 11.2. The average Bonchev–Trinajstić information content (AvgIpc) is 2.59. The molecule has 1 aliphatic carbocycles. The van der Waals surface area contributed by atoms with E-state index in [9.17, 15) is 13.2 Å². The zero-order chi connectivity index (χ0) is 18.7. The maximum absolute atomic E-state index is 12.5. The van der Waals surface area contributed by atoms with Crippen molar-refractivity contribution in [2.75, 3.05) is 25.1 Å². The predicted molar refractivity (Wildman–Crippen MR) is 98.1 cm³/mol. The number of carbonyl (C=O) groups excluding carboxylic acids is 1. The van der Waals surface area contributed by atoms with Crippen LogP contribution in [0.1, 0.15) is 32.6 Å². The molecule has 1 amide bonds. The van der Waals surface area contributed by atoms with Gasteiger partial charge in [0.15, 0.2) is 6.61 Å². The number of benzene rings is 1. The van der Waals surface area contributed by atoms with E-state index in [0.29, 0.717) is 18.2 Å². The van der Waals surface area contributed by atoms with Gasteiger partial charge in [-0.1, -0.05) is 31.4 Å². The number of rotatable bonds is 6. The van der Waals surface area contributed by atoms with Crippen LogP contribution in [0.15, 0.2) is 17.0 Å². The third kappa shape index (κ3) is 4.49. The molecule has 1 fully saturated rings. The molecule has 0 aromatic heterocycles. The van der Waals surface area contributed by atoms with E-state index >= 15 is 0 Å². The van der Waals surface area contributed by atoms with Gasteiger partial charge in [0.05, 0.1) is 23.4 Å². The van der Waals surface area contributed by atoms with Crippen molar-refractivity contribution in [3.05, 3.63) is 17.2 Å². The summed E-state index contributed by atoms with van der Waals surface area (Å²) in [5, 5.41) is 2.61. The molecule has 144 valence electrons. The second-order valence-corrected chi connectivity index (χ2v) is 8.83. The van der Waals surface area contributed by atoms with Crippen molar-refractivity contribution in [1.29, 1.82) is 0 Å². The first-order valence-corrected chi connectivity index (χ1v) is 10.6. The average molecular weight is 403 g/mol. The molecule has 2 N–H and O–H groups in total. The summed E-state index contributed by atoms with van der Waals surface area (Å²) in [5.41, 5.74) is 0.361. The zero-order valence-corrected chi connectivity index (χ0v) is 16.2. The monoisotopic (exact) mass is 402 g/mol. The van der Waals surface area contributed by atoms with E-state index < -0.39 is 10.0 Å². The van der Waals surface area contributed by atoms with Gasteiger partial charge in [-0.15, -0.1) is 0 Å². The molecule has 0 radical (unpaired) electrons. The molecule has 0 spiro atoms. The molecular formula is C17H23ClN2O5S. The molecule has 2 atom stereocenters. The Bertz CT molecular complexity index is 784. The first-order valence-electron chi connectivity index (χ1n) is 8.74. The summed E-state index contributed by atoms with van der Waals surface area (Å²) < 4.78 is 38.6. The van der Waals surface area contributed by atoms with Crippen LogP contribution in [0.4, 0.5) is 5.69 Å². The summed E-state index contributed by atoms with van der Waals surface area (Å²) in [6, 6.07) is 2.70. The number of amides is 1. The van der Waals surface area contributed by atoms with Crippen molar-refractivity contribution >= 4 is 33.2 Å². The van der Waals surface area contributed by atoms with Crippen LogP contribution in [0.3, 0.4) is 0 Å². The van der Waals surface area contributed by atoms with Crippen LogP contribution in [0.5, 0.6) is 5.75 Å². The molecule has 1 aromatic rings. The Morgan fingerprint density at radius 2 is 2.12 bits per heavy atom. The number of carbonyl (C=O) groups is 1. The summed E-state index contributed by atoms with van der Waals surface area (Å²) in [6.07, 6.45) is 4.75. The minimum absolute atomic E-state index is 0.0175. The highest BCUT2D eigenvalue weighted by atomic mass is 35.5. The van der Waals surface area contributed by atoms with Crippen molar-refractivity contribution < 1.29 is 22.7 Å². The van der Waals surface area contributed by atoms with E-state index in [4.69, 9.17) is 21.1 Å². The molecule has 26 heavy (non-hydrogen) atoms. The fourth-order valence-corrected chi connectivity index (χ4v) is 4.84. The van der Waals surface area contributed by atoms with Gasteiger partial charge in [-0.2, -0.15) is 0 Å². The lowest BCUT2D eigenvalue weighted by atomic mass is 9.88. The molecule has 7 nitrogen and oxygen atoms in total. The van der Waals surface area contributed by atoms with Gasteiger partial charge in [-0.25, -0.2) is 13.1 Å². The number of halogens is 1. The summed E-state index contributed by atoms with van der Waals surface area (Å²) in [7, 11) is -3.81. The minimum Gasteiger partial charge on any atom is -0.482 e. The zero-order valence-electron chi connectivity index (χ0n) is 14.6. The quantitative estimate of drug-likeness (QED) is 0.713. The number of sulfonamides is 1. The smallest absolute Gasteiger partial charge is 0.262 e. The van der Waals surface area contributed by atoms with Crippen LogP contribution in [-0.4, -0.2) is 40.2 Å². The summed E-state index contributed by atoms with van der Waals surface area (Å²) in [6.45, 7) is 2.48. The first kappa shape index (κ1) is 19.4. The van der Waals surface area contributed by atoms with Crippen molar-refractivity contribution in [3.63, 3.8) is 0 Å². The van der Waals surface area contributed by atoms with E-state index in [2.05, 4.69) is 17.0 Å². The molecule has 1 heterocycles. The van der Waals surface area contributed by atoms with E-state index in [1.54, 1.807) is 0 Å². The molecule has 2 aliphatic rings. The third-order valence-electron chi connectivity index (χ3n) is 4.72. The normalized spacial score (nSPS) is 23.1. The summed E-state index contributed by atoms with van der Waals surface area (Å²) >= 11 is 6.09. The lowest BCUT2D eigenvalue weighted by Crippen LogP contribution is -2.32. The number of hydrogen-bond acceptors (Lipinski definition) is 5. The van der Waals surface area contributed by atoms with Crippen LogP contribution in [0.2, 0.25) is 5.02 Å². The Kier molecular flexibility index (Phi) is 6.06. The van der Waals surface area contributed by atoms with Gasteiger partial charge in [-0.05, 0) is 24.8 Å². The predicted octanol–water partition coefficient (Wildman–Crippen LogP) is 2.54. The Balaban J connectivity index is 1.60. The second kappa shape index (κ2) is 8.12. The number of fused-ring (bicyclic) bond motifs is 1. The van der Waals surface area contributed by atoms with Gasteiger partial charge in [0, 0.05) is 12.6 Å². The molecular weight excluding hydrogens is 380 g/mol. The highest BCUT2D eigenvalue weighted by molar-refractivity contribution is 7.89. The highest BCUT2D eigenvalue weighted by Crippen LogP contribution is 2.35. The van der Waals surface area contributed by atoms with E-state index in [1.807, 2.05) is 0 Å². The van der Waals surface area contributed by atoms with Gasteiger partial charge in [0.2, 0.25) is 10.0 Å². The Labute approximate surface area is 158 Å². The van der Waals surface area contributed by atoms with Crippen molar-refractivity contribution in [3.8, 4) is 5.75 Å². The molecule has 1 saturated carbocycles. The summed E-state index contributed by atoms with van der Waals surface area (Å²) in [5.74, 6) is 0.473. The molecule has 0 unspecified atom stereocenters. The number of nitrogens with one attached hydrogen (secondary N) is 2. The Morgan fingerprint density at radius 1 is 1.35 bits per heavy atom. The lowest BCUT2D eigenvalue weighted by Gasteiger charge is -2.28. The number of hydrogen-bond donors (Lipinski definition) is 2. The van der Waals surface area contributed by atoms with Crippen LogP contribution in [0, 0.1) is 5.92 Å². The van der Waals surface area contributed by atoms with Gasteiger partial charge in [0.25, 0.3) is 5.91 Å².